The monoisotopic (exact) mass is 250 g/mol. The lowest BCUT2D eigenvalue weighted by molar-refractivity contribution is -0.110. The predicted molar refractivity (Wildman–Crippen MR) is 71.8 cm³/mol. The summed E-state index contributed by atoms with van der Waals surface area (Å²) in [6.07, 6.45) is 5.18. The summed E-state index contributed by atoms with van der Waals surface area (Å²) in [4.78, 5) is 10.8. The van der Waals surface area contributed by atoms with Crippen LogP contribution in [0.1, 0.15) is 20.3 Å². The first-order chi connectivity index (χ1) is 8.59. The molecule has 0 saturated carbocycles. The van der Waals surface area contributed by atoms with Crippen LogP contribution in [-0.4, -0.2) is 43.3 Å². The third-order valence-corrected chi connectivity index (χ3v) is 4.21. The third-order valence-electron chi connectivity index (χ3n) is 4.21. The Morgan fingerprint density at radius 2 is 2.28 bits per heavy atom. The topological polar surface area (TPSA) is 77.0 Å². The van der Waals surface area contributed by atoms with Gasteiger partial charge in [-0.15, -0.1) is 0 Å². The van der Waals surface area contributed by atoms with Gasteiger partial charge in [0.15, 0.2) is 0 Å². The highest BCUT2D eigenvalue weighted by Crippen LogP contribution is 2.31. The molecule has 2 unspecified atom stereocenters. The summed E-state index contributed by atoms with van der Waals surface area (Å²) in [5, 5.41) is 17.3. The van der Waals surface area contributed by atoms with Crippen molar-refractivity contribution in [3.63, 3.8) is 0 Å². The van der Waals surface area contributed by atoms with Gasteiger partial charge in [0, 0.05) is 37.3 Å². The van der Waals surface area contributed by atoms with Crippen LogP contribution in [0.5, 0.6) is 0 Å². The second-order valence-electron chi connectivity index (χ2n) is 5.52. The molecule has 5 nitrogen and oxygen atoms in total. The molecule has 1 saturated heterocycles. The molecule has 2 aliphatic rings. The average molecular weight is 250 g/mol. The maximum Gasteiger partial charge on any atom is 0.207 e. The second-order valence-corrected chi connectivity index (χ2v) is 5.52. The van der Waals surface area contributed by atoms with Crippen molar-refractivity contribution in [3.05, 3.63) is 11.6 Å². The highest BCUT2D eigenvalue weighted by Gasteiger charge is 2.38. The number of nitrogens with one attached hydrogen (secondary N) is 4. The number of rotatable bonds is 5. The van der Waals surface area contributed by atoms with Gasteiger partial charge in [-0.2, -0.15) is 0 Å². The SMILES string of the molecule is CC1=CC(C=N)C(NC2CNC2)C[C@]1(C)NC=O. The number of hydrogen-bond donors (Lipinski definition) is 4. The van der Waals surface area contributed by atoms with Gasteiger partial charge in [-0.25, -0.2) is 0 Å². The van der Waals surface area contributed by atoms with E-state index in [0.717, 1.165) is 31.5 Å². The van der Waals surface area contributed by atoms with Crippen molar-refractivity contribution < 1.29 is 4.79 Å². The van der Waals surface area contributed by atoms with Gasteiger partial charge >= 0.3 is 0 Å². The van der Waals surface area contributed by atoms with Gasteiger partial charge in [0.1, 0.15) is 0 Å². The van der Waals surface area contributed by atoms with Crippen molar-refractivity contribution in [2.75, 3.05) is 13.1 Å². The van der Waals surface area contributed by atoms with Crippen LogP contribution < -0.4 is 16.0 Å². The molecule has 3 atom stereocenters. The zero-order valence-corrected chi connectivity index (χ0v) is 11.0. The Hall–Kier alpha value is -1.20. The fraction of sp³-hybridized carbons (Fsp3) is 0.692. The minimum Gasteiger partial charge on any atom is -0.350 e. The molecule has 0 radical (unpaired) electrons. The zero-order valence-electron chi connectivity index (χ0n) is 11.0. The maximum atomic E-state index is 10.8. The van der Waals surface area contributed by atoms with Crippen LogP contribution in [0.25, 0.3) is 0 Å². The lowest BCUT2D eigenvalue weighted by atomic mass is 9.75. The van der Waals surface area contributed by atoms with E-state index in [-0.39, 0.29) is 17.5 Å². The van der Waals surface area contributed by atoms with Crippen LogP contribution in [0.2, 0.25) is 0 Å². The van der Waals surface area contributed by atoms with Crippen LogP contribution in [0.15, 0.2) is 11.6 Å². The highest BCUT2D eigenvalue weighted by atomic mass is 16.1. The molecule has 0 spiro atoms. The summed E-state index contributed by atoms with van der Waals surface area (Å²) in [7, 11) is 0. The van der Waals surface area contributed by atoms with Crippen molar-refractivity contribution in [2.24, 2.45) is 5.92 Å². The average Bonchev–Trinajstić information content (AvgIpc) is 2.28. The normalized spacial score (nSPS) is 36.4. The van der Waals surface area contributed by atoms with Gasteiger partial charge < -0.3 is 21.4 Å². The molecule has 1 amide bonds. The predicted octanol–water partition coefficient (Wildman–Crippen LogP) is 0.0369. The van der Waals surface area contributed by atoms with E-state index in [4.69, 9.17) is 5.41 Å². The zero-order chi connectivity index (χ0) is 13.2. The minimum atomic E-state index is -0.296. The summed E-state index contributed by atoms with van der Waals surface area (Å²) >= 11 is 0. The Labute approximate surface area is 108 Å². The Morgan fingerprint density at radius 1 is 1.56 bits per heavy atom. The maximum absolute atomic E-state index is 10.8. The first-order valence-corrected chi connectivity index (χ1v) is 6.46. The molecule has 1 aliphatic heterocycles. The van der Waals surface area contributed by atoms with Crippen molar-refractivity contribution in [1.82, 2.24) is 16.0 Å². The molecule has 18 heavy (non-hydrogen) atoms. The van der Waals surface area contributed by atoms with E-state index in [2.05, 4.69) is 22.0 Å². The summed E-state index contributed by atoms with van der Waals surface area (Å²) in [5.74, 6) is 0.118. The Kier molecular flexibility index (Phi) is 3.82. The molecular weight excluding hydrogens is 228 g/mol. The molecule has 1 aliphatic carbocycles. The van der Waals surface area contributed by atoms with E-state index in [1.165, 1.54) is 6.21 Å². The van der Waals surface area contributed by atoms with Crippen LogP contribution in [0.4, 0.5) is 0 Å². The van der Waals surface area contributed by atoms with Gasteiger partial charge in [-0.3, -0.25) is 4.79 Å². The quantitative estimate of drug-likeness (QED) is 0.316. The van der Waals surface area contributed by atoms with Crippen LogP contribution >= 0.6 is 0 Å². The molecule has 5 heteroatoms. The molecule has 100 valence electrons. The fourth-order valence-corrected chi connectivity index (χ4v) is 2.67. The van der Waals surface area contributed by atoms with Gasteiger partial charge in [0.25, 0.3) is 0 Å². The molecular formula is C13H22N4O. The molecule has 4 N–H and O–H groups in total. The molecule has 0 aromatic heterocycles. The van der Waals surface area contributed by atoms with Crippen molar-refractivity contribution in [2.45, 2.75) is 37.9 Å². The molecule has 2 rings (SSSR count). The van der Waals surface area contributed by atoms with Crippen LogP contribution in [0, 0.1) is 11.3 Å². The van der Waals surface area contributed by atoms with Gasteiger partial charge in [0.2, 0.25) is 6.41 Å². The van der Waals surface area contributed by atoms with Gasteiger partial charge in [0.05, 0.1) is 5.54 Å². The minimum absolute atomic E-state index is 0.118. The summed E-state index contributed by atoms with van der Waals surface area (Å²) in [6, 6.07) is 0.709. The largest absolute Gasteiger partial charge is 0.350 e. The van der Waals surface area contributed by atoms with Crippen molar-refractivity contribution >= 4 is 12.6 Å². The van der Waals surface area contributed by atoms with Crippen LogP contribution in [-0.2, 0) is 4.79 Å². The summed E-state index contributed by atoms with van der Waals surface area (Å²) < 4.78 is 0. The Morgan fingerprint density at radius 3 is 2.78 bits per heavy atom. The lowest BCUT2D eigenvalue weighted by Gasteiger charge is -2.43. The fourth-order valence-electron chi connectivity index (χ4n) is 2.67. The molecule has 1 fully saturated rings. The highest BCUT2D eigenvalue weighted by molar-refractivity contribution is 5.63. The lowest BCUT2D eigenvalue weighted by Crippen LogP contribution is -2.62. The van der Waals surface area contributed by atoms with E-state index in [0.29, 0.717) is 6.04 Å². The van der Waals surface area contributed by atoms with Gasteiger partial charge in [-0.1, -0.05) is 11.6 Å². The number of carbonyl (C=O) groups is 1. The second kappa shape index (κ2) is 5.20. The van der Waals surface area contributed by atoms with E-state index < -0.39 is 0 Å². The van der Waals surface area contributed by atoms with Crippen LogP contribution in [0.3, 0.4) is 0 Å². The smallest absolute Gasteiger partial charge is 0.207 e. The van der Waals surface area contributed by atoms with Crippen molar-refractivity contribution in [3.8, 4) is 0 Å². The first-order valence-electron chi connectivity index (χ1n) is 6.46. The van der Waals surface area contributed by atoms with E-state index in [9.17, 15) is 4.79 Å². The van der Waals surface area contributed by atoms with Crippen molar-refractivity contribution in [1.29, 1.82) is 5.41 Å². The molecule has 0 aromatic carbocycles. The first kappa shape index (κ1) is 13.2. The summed E-state index contributed by atoms with van der Waals surface area (Å²) in [6.45, 7) is 6.04. The van der Waals surface area contributed by atoms with E-state index in [1.807, 2.05) is 13.8 Å². The molecule has 0 bridgehead atoms. The van der Waals surface area contributed by atoms with E-state index >= 15 is 0 Å². The number of amides is 1. The standard InChI is InChI=1S/C13H22N4O/c1-9-3-10(5-14)12(17-11-6-15-7-11)4-13(9,2)16-8-18/h3,5,8,10-12,14-15,17H,4,6-7H2,1-2H3,(H,16,18)/t10?,12?,13-/m0/s1. The van der Waals surface area contributed by atoms with Gasteiger partial charge in [-0.05, 0) is 20.3 Å². The molecule has 1 heterocycles. The third kappa shape index (κ3) is 2.47. The van der Waals surface area contributed by atoms with E-state index in [1.54, 1.807) is 0 Å². The number of carbonyl (C=O) groups excluding carboxylic acids is 1. The Balaban J connectivity index is 2.13. The summed E-state index contributed by atoms with van der Waals surface area (Å²) in [5.41, 5.74) is 0.837. The number of hydrogen-bond acceptors (Lipinski definition) is 4. The molecule has 0 aromatic rings. The Bertz CT molecular complexity index is 364.